The Kier molecular flexibility index (Phi) is 5.52. The van der Waals surface area contributed by atoms with Crippen LogP contribution in [0.3, 0.4) is 0 Å². The van der Waals surface area contributed by atoms with E-state index < -0.39 is 0 Å². The van der Waals surface area contributed by atoms with E-state index in [2.05, 4.69) is 20.4 Å². The van der Waals surface area contributed by atoms with Gasteiger partial charge in [0.25, 0.3) is 5.82 Å². The van der Waals surface area contributed by atoms with Gasteiger partial charge in [-0.2, -0.15) is 4.98 Å². The predicted molar refractivity (Wildman–Crippen MR) is 93.0 cm³/mol. The molecule has 1 fully saturated rings. The maximum atomic E-state index is 9.61. The van der Waals surface area contributed by atoms with Crippen molar-refractivity contribution < 1.29 is 15.2 Å². The molecule has 0 amide bonds. The van der Waals surface area contributed by atoms with Gasteiger partial charge in [-0.05, 0) is 31.7 Å². The number of rotatable bonds is 6. The van der Waals surface area contributed by atoms with E-state index in [1.807, 2.05) is 29.6 Å². The third-order valence-corrected chi connectivity index (χ3v) is 4.38. The highest BCUT2D eigenvalue weighted by atomic mass is 16.5. The van der Waals surface area contributed by atoms with Gasteiger partial charge in [-0.25, -0.2) is 10.5 Å². The van der Waals surface area contributed by atoms with Crippen molar-refractivity contribution in [3.05, 3.63) is 30.5 Å². The molecule has 0 radical (unpaired) electrons. The summed E-state index contributed by atoms with van der Waals surface area (Å²) in [5.41, 5.74) is 8.60. The number of quaternary nitrogens is 1. The molecule has 0 aliphatic heterocycles. The number of benzene rings is 1. The van der Waals surface area contributed by atoms with Crippen LogP contribution in [0.25, 0.3) is 0 Å². The Labute approximate surface area is 146 Å². The highest BCUT2D eigenvalue weighted by Crippen LogP contribution is 2.25. The lowest BCUT2D eigenvalue weighted by atomic mass is 9.93. The van der Waals surface area contributed by atoms with Crippen molar-refractivity contribution in [2.75, 3.05) is 12.4 Å². The Morgan fingerprint density at radius 2 is 2.04 bits per heavy atom. The van der Waals surface area contributed by atoms with Crippen LogP contribution in [0.4, 0.5) is 23.1 Å². The second-order valence-corrected chi connectivity index (χ2v) is 6.11. The summed E-state index contributed by atoms with van der Waals surface area (Å²) in [5, 5.41) is 18.3. The zero-order valence-corrected chi connectivity index (χ0v) is 14.1. The lowest BCUT2D eigenvalue weighted by Gasteiger charge is -2.26. The van der Waals surface area contributed by atoms with Crippen molar-refractivity contribution in [3.63, 3.8) is 0 Å². The molecule has 0 saturated heterocycles. The van der Waals surface area contributed by atoms with Crippen LogP contribution in [0.1, 0.15) is 25.7 Å². The molecule has 1 aliphatic rings. The molecule has 8 nitrogen and oxygen atoms in total. The number of nitrogens with zero attached hydrogens (tertiary/aromatic N) is 3. The molecule has 0 atom stereocenters. The Morgan fingerprint density at radius 3 is 2.76 bits per heavy atom. The number of hydrogen-bond donors (Lipinski definition) is 4. The van der Waals surface area contributed by atoms with Crippen LogP contribution in [-0.2, 0) is 0 Å². The van der Waals surface area contributed by atoms with Gasteiger partial charge in [-0.3, -0.25) is 5.32 Å². The van der Waals surface area contributed by atoms with Gasteiger partial charge in [0, 0.05) is 12.1 Å². The van der Waals surface area contributed by atoms with Crippen molar-refractivity contribution in [2.45, 2.75) is 37.8 Å². The van der Waals surface area contributed by atoms with Crippen LogP contribution < -0.4 is 15.4 Å². The lowest BCUT2D eigenvalue weighted by molar-refractivity contribution is -0.482. The third-order valence-electron chi connectivity index (χ3n) is 4.38. The molecule has 5 N–H and O–H groups in total. The number of anilines is 1. The van der Waals surface area contributed by atoms with Crippen molar-refractivity contribution in [1.82, 2.24) is 9.97 Å². The number of aromatic nitrogens is 2. The van der Waals surface area contributed by atoms with E-state index in [4.69, 9.17) is 10.3 Å². The van der Waals surface area contributed by atoms with Crippen LogP contribution in [-0.4, -0.2) is 34.3 Å². The fraction of sp³-hybridized carbons (Fsp3) is 0.412. The van der Waals surface area contributed by atoms with E-state index in [9.17, 15) is 5.11 Å². The molecular weight excluding hydrogens is 320 g/mol. The Balaban J connectivity index is 1.79. The van der Waals surface area contributed by atoms with Gasteiger partial charge in [0.15, 0.2) is 17.1 Å². The summed E-state index contributed by atoms with van der Waals surface area (Å²) in [5.74, 6) is 1.80. The van der Waals surface area contributed by atoms with Crippen molar-refractivity contribution in [3.8, 4) is 5.75 Å². The van der Waals surface area contributed by atoms with E-state index in [-0.39, 0.29) is 12.1 Å². The quantitative estimate of drug-likeness (QED) is 0.474. The maximum Gasteiger partial charge on any atom is 0.262 e. The van der Waals surface area contributed by atoms with Crippen molar-refractivity contribution in [2.24, 2.45) is 5.11 Å². The number of nitrogens with two attached hydrogens (primary N) is 1. The molecule has 2 aromatic rings. The van der Waals surface area contributed by atoms with E-state index >= 15 is 0 Å². The largest absolute Gasteiger partial charge is 0.491 e. The summed E-state index contributed by atoms with van der Waals surface area (Å²) in [4.78, 5) is 8.78. The summed E-state index contributed by atoms with van der Waals surface area (Å²) in [6, 6.07) is 7.86. The molecule has 3 rings (SSSR count). The first kappa shape index (κ1) is 17.2. The Morgan fingerprint density at radius 1 is 1.28 bits per heavy atom. The molecule has 0 bridgehead atoms. The minimum Gasteiger partial charge on any atom is -0.491 e. The van der Waals surface area contributed by atoms with Crippen LogP contribution >= 0.6 is 0 Å². The highest BCUT2D eigenvalue weighted by molar-refractivity contribution is 5.55. The van der Waals surface area contributed by atoms with E-state index in [1.54, 1.807) is 13.3 Å². The van der Waals surface area contributed by atoms with E-state index in [0.717, 1.165) is 37.1 Å². The molecule has 1 saturated carbocycles. The van der Waals surface area contributed by atoms with E-state index in [1.165, 1.54) is 0 Å². The topological polar surface area (TPSA) is 120 Å². The number of para-hydroxylation sites is 2. The minimum atomic E-state index is -0.196. The van der Waals surface area contributed by atoms with Gasteiger partial charge < -0.3 is 15.2 Å². The predicted octanol–water partition coefficient (Wildman–Crippen LogP) is 2.39. The average molecular weight is 343 g/mol. The number of aliphatic hydroxyl groups excluding tert-OH is 1. The molecule has 25 heavy (non-hydrogen) atoms. The normalized spacial score (nSPS) is 20.1. The van der Waals surface area contributed by atoms with Crippen molar-refractivity contribution >= 4 is 23.1 Å². The van der Waals surface area contributed by atoms with E-state index in [0.29, 0.717) is 17.5 Å². The van der Waals surface area contributed by atoms with Gasteiger partial charge in [-0.1, -0.05) is 12.1 Å². The summed E-state index contributed by atoms with van der Waals surface area (Å²) in [7, 11) is 1.62. The standard InChI is InChI=1S/C17H22N6O2/c1-25-15-5-3-2-4-13(15)21-16-14(23-18)10-19-17(22-16)20-11-6-8-12(24)9-7-11/h2-5,10-12,18,24H,6-9H2,1H3,(H2,19,20,21,22)/p+1. The molecule has 0 unspecified atom stereocenters. The fourth-order valence-electron chi connectivity index (χ4n) is 2.99. The highest BCUT2D eigenvalue weighted by Gasteiger charge is 2.21. The van der Waals surface area contributed by atoms with Crippen LogP contribution in [0.2, 0.25) is 0 Å². The number of ether oxygens (including phenoxy) is 1. The van der Waals surface area contributed by atoms with Gasteiger partial charge >= 0.3 is 0 Å². The van der Waals surface area contributed by atoms with Crippen molar-refractivity contribution in [1.29, 1.82) is 5.53 Å². The lowest BCUT2D eigenvalue weighted by Crippen LogP contribution is -2.71. The molecule has 132 valence electrons. The van der Waals surface area contributed by atoms with Gasteiger partial charge in [-0.15, -0.1) is 5.11 Å². The molecular formula is C17H23N6O2+. The molecule has 1 aliphatic carbocycles. The van der Waals surface area contributed by atoms with Crippen LogP contribution in [0, 0.1) is 5.53 Å². The summed E-state index contributed by atoms with van der Waals surface area (Å²) in [6.45, 7) is 0. The second-order valence-electron chi connectivity index (χ2n) is 6.11. The molecule has 0 spiro atoms. The van der Waals surface area contributed by atoms with Gasteiger partial charge in [0.05, 0.1) is 19.4 Å². The number of aliphatic hydroxyl groups is 1. The number of nitrogens with one attached hydrogen (secondary N) is 2. The first-order valence-electron chi connectivity index (χ1n) is 8.36. The maximum absolute atomic E-state index is 9.61. The molecule has 1 aromatic heterocycles. The molecule has 1 aromatic carbocycles. The Bertz CT molecular complexity index is 731. The van der Waals surface area contributed by atoms with Gasteiger partial charge in [0.2, 0.25) is 5.95 Å². The fourth-order valence-corrected chi connectivity index (χ4v) is 2.99. The number of methoxy groups -OCH3 is 1. The molecule has 1 heterocycles. The van der Waals surface area contributed by atoms with Crippen LogP contribution in [0.15, 0.2) is 35.6 Å². The van der Waals surface area contributed by atoms with Crippen LogP contribution in [0.5, 0.6) is 5.75 Å². The Hall–Kier alpha value is -2.58. The first-order valence-corrected chi connectivity index (χ1v) is 8.36. The van der Waals surface area contributed by atoms with Gasteiger partial charge in [0.1, 0.15) is 0 Å². The minimum absolute atomic E-state index is 0.196. The number of hydrogen-bond acceptors (Lipinski definition) is 7. The molecule has 8 heteroatoms. The SMILES string of the molecule is COc1ccccc1[NH2+]c1nc(NC2CCC(O)CC2)ncc1N=N. The summed E-state index contributed by atoms with van der Waals surface area (Å²) in [6.07, 6.45) is 4.70. The third kappa shape index (κ3) is 4.28. The summed E-state index contributed by atoms with van der Waals surface area (Å²) >= 11 is 0. The summed E-state index contributed by atoms with van der Waals surface area (Å²) < 4.78 is 5.36. The monoisotopic (exact) mass is 343 g/mol. The first-order chi connectivity index (χ1) is 12.2. The zero-order chi connectivity index (χ0) is 17.6. The zero-order valence-electron chi connectivity index (χ0n) is 14.1. The smallest absolute Gasteiger partial charge is 0.262 e. The average Bonchev–Trinajstić information content (AvgIpc) is 2.64. The second kappa shape index (κ2) is 8.00.